The van der Waals surface area contributed by atoms with Crippen LogP contribution in [0.15, 0.2) is 47.8 Å². The van der Waals surface area contributed by atoms with E-state index in [0.717, 1.165) is 16.7 Å². The van der Waals surface area contributed by atoms with Gasteiger partial charge in [0.05, 0.1) is 17.6 Å². The van der Waals surface area contributed by atoms with E-state index in [-0.39, 0.29) is 18.1 Å². The van der Waals surface area contributed by atoms with E-state index in [1.165, 1.54) is 0 Å². The molecule has 1 aliphatic rings. The third-order valence-corrected chi connectivity index (χ3v) is 4.76. The molecule has 1 aromatic carbocycles. The number of aryl methyl sites for hydroxylation is 3. The first-order valence-corrected chi connectivity index (χ1v) is 9.03. The maximum atomic E-state index is 12.0. The van der Waals surface area contributed by atoms with Crippen LogP contribution in [0, 0.1) is 6.92 Å². The minimum atomic E-state index is -0.0254. The molecule has 0 atom stereocenters. The van der Waals surface area contributed by atoms with Crippen molar-refractivity contribution in [3.63, 3.8) is 0 Å². The Morgan fingerprint density at radius 1 is 1.14 bits per heavy atom. The van der Waals surface area contributed by atoms with E-state index in [9.17, 15) is 9.59 Å². The summed E-state index contributed by atoms with van der Waals surface area (Å²) >= 11 is 0. The van der Waals surface area contributed by atoms with Gasteiger partial charge in [-0.1, -0.05) is 0 Å². The van der Waals surface area contributed by atoms with E-state index in [0.29, 0.717) is 35.5 Å². The number of fused-ring (bicyclic) bond motifs is 1. The number of rotatable bonds is 4. The number of pyridine rings is 1. The molecule has 0 saturated heterocycles. The first-order valence-electron chi connectivity index (χ1n) is 9.03. The lowest BCUT2D eigenvalue weighted by Gasteiger charge is -2.22. The Labute approximate surface area is 162 Å². The zero-order chi connectivity index (χ0) is 19.7. The van der Waals surface area contributed by atoms with E-state index in [1.54, 1.807) is 37.1 Å². The molecule has 0 aliphatic carbocycles. The van der Waals surface area contributed by atoms with E-state index < -0.39 is 0 Å². The third kappa shape index (κ3) is 3.51. The summed E-state index contributed by atoms with van der Waals surface area (Å²) in [6.07, 6.45) is 7.75. The number of nitrogens with zero attached hydrogens (tertiary/aromatic N) is 3. The Balaban J connectivity index is 1.76. The Hall–Kier alpha value is -3.48. The number of ether oxygens (including phenoxy) is 1. The van der Waals surface area contributed by atoms with Gasteiger partial charge in [-0.3, -0.25) is 19.6 Å². The van der Waals surface area contributed by atoms with Gasteiger partial charge in [-0.05, 0) is 48.2 Å². The smallest absolute Gasteiger partial charge is 0.253 e. The standard InChI is InChI=1S/C21H20N4O3/c1-13-7-16(11-25(2)21(13)27)15-8-14-3-4-19(26)24-20(14)18(9-15)28-12-17-10-22-5-6-23-17/h5-11H,3-4,12H2,1-2H3,(H,24,26). The molecule has 0 spiro atoms. The van der Waals surface area contributed by atoms with Crippen molar-refractivity contribution >= 4 is 11.6 Å². The second-order valence-electron chi connectivity index (χ2n) is 6.87. The number of hydrogen-bond acceptors (Lipinski definition) is 5. The third-order valence-electron chi connectivity index (χ3n) is 4.76. The van der Waals surface area contributed by atoms with Crippen LogP contribution in [0.2, 0.25) is 0 Å². The van der Waals surface area contributed by atoms with Gasteiger partial charge < -0.3 is 14.6 Å². The highest BCUT2D eigenvalue weighted by Gasteiger charge is 2.21. The minimum absolute atomic E-state index is 0.0203. The number of nitrogens with one attached hydrogen (secondary N) is 1. The van der Waals surface area contributed by atoms with Crippen LogP contribution in [-0.4, -0.2) is 20.4 Å². The molecule has 0 unspecified atom stereocenters. The summed E-state index contributed by atoms with van der Waals surface area (Å²) in [5, 5.41) is 2.92. The molecule has 1 amide bonds. The van der Waals surface area contributed by atoms with Crippen molar-refractivity contribution in [2.24, 2.45) is 7.05 Å². The minimum Gasteiger partial charge on any atom is -0.485 e. The van der Waals surface area contributed by atoms with Crippen molar-refractivity contribution in [3.8, 4) is 16.9 Å². The van der Waals surface area contributed by atoms with Crippen molar-refractivity contribution in [3.05, 3.63) is 70.2 Å². The number of carbonyl (C=O) groups excluding carboxylic acids is 1. The summed E-state index contributed by atoms with van der Waals surface area (Å²) in [7, 11) is 1.74. The average Bonchev–Trinajstić information content (AvgIpc) is 2.70. The van der Waals surface area contributed by atoms with Crippen LogP contribution in [0.1, 0.15) is 23.2 Å². The van der Waals surface area contributed by atoms with Crippen LogP contribution >= 0.6 is 0 Å². The number of amides is 1. The molecule has 3 heterocycles. The van der Waals surface area contributed by atoms with Crippen LogP contribution in [0.25, 0.3) is 11.1 Å². The number of carbonyl (C=O) groups is 1. The van der Waals surface area contributed by atoms with E-state index in [2.05, 4.69) is 15.3 Å². The lowest BCUT2D eigenvalue weighted by molar-refractivity contribution is -0.116. The van der Waals surface area contributed by atoms with Gasteiger partial charge in [0.2, 0.25) is 5.91 Å². The molecule has 142 valence electrons. The highest BCUT2D eigenvalue weighted by molar-refractivity contribution is 5.96. The maximum Gasteiger partial charge on any atom is 0.253 e. The summed E-state index contributed by atoms with van der Waals surface area (Å²) in [4.78, 5) is 32.2. The molecular formula is C21H20N4O3. The number of anilines is 1. The SMILES string of the molecule is Cc1cc(-c2cc3c(c(OCc4cnccn4)c2)NC(=O)CC3)cn(C)c1=O. The van der Waals surface area contributed by atoms with E-state index in [4.69, 9.17) is 4.74 Å². The zero-order valence-corrected chi connectivity index (χ0v) is 15.7. The fourth-order valence-corrected chi connectivity index (χ4v) is 3.33. The lowest BCUT2D eigenvalue weighted by atomic mass is 9.96. The van der Waals surface area contributed by atoms with Crippen LogP contribution < -0.4 is 15.6 Å². The Bertz CT molecular complexity index is 1080. The van der Waals surface area contributed by atoms with Crippen LogP contribution in [0.5, 0.6) is 5.75 Å². The van der Waals surface area contributed by atoms with Crippen LogP contribution in [-0.2, 0) is 24.9 Å². The molecule has 3 aromatic rings. The topological polar surface area (TPSA) is 86.1 Å². The molecule has 0 bridgehead atoms. The summed E-state index contributed by atoms with van der Waals surface area (Å²) in [6, 6.07) is 5.81. The molecule has 1 aliphatic heterocycles. The fraction of sp³-hybridized carbons (Fsp3) is 0.238. The number of benzene rings is 1. The van der Waals surface area contributed by atoms with Gasteiger partial charge in [-0.15, -0.1) is 0 Å². The first-order chi connectivity index (χ1) is 13.5. The Morgan fingerprint density at radius 3 is 2.75 bits per heavy atom. The fourth-order valence-electron chi connectivity index (χ4n) is 3.33. The van der Waals surface area contributed by atoms with Crippen LogP contribution in [0.3, 0.4) is 0 Å². The molecule has 1 N–H and O–H groups in total. The van der Waals surface area contributed by atoms with Crippen molar-refractivity contribution in [2.45, 2.75) is 26.4 Å². The predicted molar refractivity (Wildman–Crippen MR) is 105 cm³/mol. The van der Waals surface area contributed by atoms with Gasteiger partial charge in [-0.2, -0.15) is 0 Å². The highest BCUT2D eigenvalue weighted by atomic mass is 16.5. The van der Waals surface area contributed by atoms with Gasteiger partial charge in [0.15, 0.2) is 0 Å². The number of hydrogen-bond donors (Lipinski definition) is 1. The summed E-state index contributed by atoms with van der Waals surface area (Å²) in [6.45, 7) is 2.04. The lowest BCUT2D eigenvalue weighted by Crippen LogP contribution is -2.20. The monoisotopic (exact) mass is 376 g/mol. The highest BCUT2D eigenvalue weighted by Crippen LogP contribution is 2.37. The van der Waals surface area contributed by atoms with Gasteiger partial charge in [0.25, 0.3) is 5.56 Å². The largest absolute Gasteiger partial charge is 0.485 e. The summed E-state index contributed by atoms with van der Waals surface area (Å²) in [5.41, 5.74) is 4.91. The molecule has 2 aromatic heterocycles. The molecule has 7 heteroatoms. The van der Waals surface area contributed by atoms with Crippen molar-refractivity contribution in [1.82, 2.24) is 14.5 Å². The molecule has 0 radical (unpaired) electrons. The van der Waals surface area contributed by atoms with Crippen molar-refractivity contribution in [1.29, 1.82) is 0 Å². The second kappa shape index (κ2) is 7.26. The molecule has 7 nitrogen and oxygen atoms in total. The Morgan fingerprint density at radius 2 is 2.00 bits per heavy atom. The van der Waals surface area contributed by atoms with E-state index >= 15 is 0 Å². The van der Waals surface area contributed by atoms with Crippen molar-refractivity contribution in [2.75, 3.05) is 5.32 Å². The molecule has 0 fully saturated rings. The van der Waals surface area contributed by atoms with Gasteiger partial charge in [0, 0.05) is 37.6 Å². The van der Waals surface area contributed by atoms with Gasteiger partial charge in [0.1, 0.15) is 12.4 Å². The normalized spacial score (nSPS) is 13.0. The zero-order valence-electron chi connectivity index (χ0n) is 15.7. The first kappa shape index (κ1) is 17.9. The van der Waals surface area contributed by atoms with Gasteiger partial charge >= 0.3 is 0 Å². The molecule has 28 heavy (non-hydrogen) atoms. The maximum absolute atomic E-state index is 12.0. The predicted octanol–water partition coefficient (Wildman–Crippen LogP) is 2.61. The number of aromatic nitrogens is 3. The quantitative estimate of drug-likeness (QED) is 0.756. The molecule has 0 saturated carbocycles. The van der Waals surface area contributed by atoms with E-state index in [1.807, 2.05) is 24.4 Å². The second-order valence-corrected chi connectivity index (χ2v) is 6.87. The molecular weight excluding hydrogens is 356 g/mol. The van der Waals surface area contributed by atoms with Crippen molar-refractivity contribution < 1.29 is 9.53 Å². The van der Waals surface area contributed by atoms with Crippen LogP contribution in [0.4, 0.5) is 5.69 Å². The average molecular weight is 376 g/mol. The summed E-state index contributed by atoms with van der Waals surface area (Å²) in [5.74, 6) is 0.556. The molecule has 4 rings (SSSR count). The summed E-state index contributed by atoms with van der Waals surface area (Å²) < 4.78 is 7.57. The Kier molecular flexibility index (Phi) is 4.65. The van der Waals surface area contributed by atoms with Gasteiger partial charge in [-0.25, -0.2) is 0 Å².